The number of hydrogen-bond donors (Lipinski definition) is 3. The monoisotopic (exact) mass is 1420 g/mol. The molecule has 568 valence electrons. The van der Waals surface area contributed by atoms with Crippen molar-refractivity contribution >= 4 is 39.5 Å². The Balaban J connectivity index is 5.39. The molecule has 0 aromatic heterocycles. The van der Waals surface area contributed by atoms with Crippen LogP contribution in [0.4, 0.5) is 0 Å². The smallest absolute Gasteiger partial charge is 0.462 e. The second-order valence-electron chi connectivity index (χ2n) is 26.0. The quantitative estimate of drug-likeness (QED) is 0.0128. The molecule has 0 aromatic carbocycles. The van der Waals surface area contributed by atoms with Gasteiger partial charge in [-0.3, -0.25) is 37.3 Å². The van der Waals surface area contributed by atoms with E-state index in [1.165, 1.54) is 122 Å². The van der Waals surface area contributed by atoms with Gasteiger partial charge in [0.1, 0.15) is 19.3 Å². The minimum absolute atomic E-state index is 0.0189. The van der Waals surface area contributed by atoms with Gasteiger partial charge in [0.25, 0.3) is 0 Å². The molecule has 0 amide bonds. The van der Waals surface area contributed by atoms with E-state index in [0.717, 1.165) is 128 Å². The Bertz CT molecular complexity index is 2190. The molecule has 0 spiro atoms. The minimum Gasteiger partial charge on any atom is -0.462 e. The number of esters is 4. The molecule has 19 heteroatoms. The zero-order valence-electron chi connectivity index (χ0n) is 62.0. The second kappa shape index (κ2) is 71.6. The van der Waals surface area contributed by atoms with Crippen molar-refractivity contribution in [3.8, 4) is 0 Å². The number of allylic oxidation sites excluding steroid dienone is 14. The SMILES string of the molecule is CCCCC/C=C\C/C=C\C/C=C\C/C=C\CCCC(=O)O[C@H](COC(=O)CCCCCCC/C=C\CCCCCC)COP(=O)(O)OC[C@@H](O)COP(=O)(O)OC[C@@H](COC(=O)CCCCCCC/C=C\C=C/CCCCCC)OC(=O)CCCCCCCCCCCCCCC. The highest BCUT2D eigenvalue weighted by Crippen LogP contribution is 2.45. The number of phosphoric acid groups is 2. The number of carbonyl (C=O) groups is 4. The molecule has 0 heterocycles. The van der Waals surface area contributed by atoms with E-state index in [2.05, 4.69) is 101 Å². The van der Waals surface area contributed by atoms with Crippen molar-refractivity contribution in [2.75, 3.05) is 39.6 Å². The molecule has 0 aliphatic heterocycles. The van der Waals surface area contributed by atoms with Crippen molar-refractivity contribution in [2.24, 2.45) is 0 Å². The van der Waals surface area contributed by atoms with Crippen molar-refractivity contribution in [3.63, 3.8) is 0 Å². The van der Waals surface area contributed by atoms with Crippen molar-refractivity contribution < 1.29 is 80.2 Å². The van der Waals surface area contributed by atoms with Crippen molar-refractivity contribution in [3.05, 3.63) is 85.1 Å². The lowest BCUT2D eigenvalue weighted by atomic mass is 10.0. The predicted molar refractivity (Wildman–Crippen MR) is 399 cm³/mol. The highest BCUT2D eigenvalue weighted by atomic mass is 31.2. The van der Waals surface area contributed by atoms with Gasteiger partial charge >= 0.3 is 39.5 Å². The summed E-state index contributed by atoms with van der Waals surface area (Å²) in [7, 11) is -9.96. The molecule has 5 atom stereocenters. The molecule has 0 aromatic rings. The largest absolute Gasteiger partial charge is 0.472 e. The standard InChI is InChI=1S/C79H140O17P2/c1-5-9-13-17-21-25-29-33-35-36-38-42-46-50-54-58-62-66-79(84)96-75(69-89-76(81)63-59-55-51-47-43-39-31-27-23-19-15-11-7-3)72-94-98(87,88)92-68-73(80)67-91-97(85,86)93-71-74(95-78(83)65-61-57-53-49-45-40-32-28-24-20-16-12-8-4)70-90-77(82)64-60-56-52-48-44-41-37-34-30-26-22-18-14-10-6-2/h21,25-27,30-31,33-35,37-38,42,50,54,73-75,80H,5-20,22-24,28-29,32,36,39-41,43-49,51-53,55-72H2,1-4H3,(H,85,86)(H,87,88)/b25-21-,30-26-,31-27-,35-33-,37-34-,42-38-,54-50-/t73-,74+,75+/m0/s1. The van der Waals surface area contributed by atoms with Crippen LogP contribution in [0.25, 0.3) is 0 Å². The van der Waals surface area contributed by atoms with Gasteiger partial charge in [-0.2, -0.15) is 0 Å². The molecule has 0 rings (SSSR count). The summed E-state index contributed by atoms with van der Waals surface area (Å²) in [5, 5.41) is 10.6. The van der Waals surface area contributed by atoms with Gasteiger partial charge in [-0.25, -0.2) is 9.13 Å². The van der Waals surface area contributed by atoms with E-state index in [1.807, 2.05) is 12.2 Å². The van der Waals surface area contributed by atoms with E-state index in [9.17, 15) is 43.2 Å². The second-order valence-corrected chi connectivity index (χ2v) is 28.9. The van der Waals surface area contributed by atoms with Crippen LogP contribution in [0.2, 0.25) is 0 Å². The van der Waals surface area contributed by atoms with Gasteiger partial charge in [0.15, 0.2) is 12.2 Å². The molecule has 98 heavy (non-hydrogen) atoms. The molecule has 0 radical (unpaired) electrons. The molecule has 3 N–H and O–H groups in total. The van der Waals surface area contributed by atoms with Crippen molar-refractivity contribution in [2.45, 2.75) is 354 Å². The van der Waals surface area contributed by atoms with Gasteiger partial charge in [-0.05, 0) is 116 Å². The first-order valence-corrected chi connectivity index (χ1v) is 41.8. The summed E-state index contributed by atoms with van der Waals surface area (Å²) in [5.74, 6) is -2.25. The first-order valence-electron chi connectivity index (χ1n) is 38.8. The van der Waals surface area contributed by atoms with Crippen LogP contribution < -0.4 is 0 Å². The lowest BCUT2D eigenvalue weighted by Gasteiger charge is -2.21. The van der Waals surface area contributed by atoms with Crippen LogP contribution in [0, 0.1) is 0 Å². The predicted octanol–water partition coefficient (Wildman–Crippen LogP) is 22.2. The van der Waals surface area contributed by atoms with Crippen molar-refractivity contribution in [1.82, 2.24) is 0 Å². The molecule has 0 aliphatic rings. The summed E-state index contributed by atoms with van der Waals surface area (Å²) in [4.78, 5) is 72.8. The van der Waals surface area contributed by atoms with Gasteiger partial charge < -0.3 is 33.8 Å². The molecule has 17 nitrogen and oxygen atoms in total. The number of unbranched alkanes of at least 4 members (excludes halogenated alkanes) is 34. The molecule has 0 fully saturated rings. The number of aliphatic hydroxyl groups is 1. The Kier molecular flexibility index (Phi) is 68.9. The molecule has 0 saturated carbocycles. The number of ether oxygens (including phenoxy) is 4. The van der Waals surface area contributed by atoms with Gasteiger partial charge in [0.2, 0.25) is 0 Å². The van der Waals surface area contributed by atoms with E-state index < -0.39 is 97.5 Å². The fourth-order valence-electron chi connectivity index (χ4n) is 10.4. The minimum atomic E-state index is -4.99. The Morgan fingerprint density at radius 2 is 0.541 bits per heavy atom. The first-order chi connectivity index (χ1) is 47.7. The topological polar surface area (TPSA) is 237 Å². The normalized spacial score (nSPS) is 14.4. The first kappa shape index (κ1) is 94.2. The molecule has 0 saturated heterocycles. The van der Waals surface area contributed by atoms with E-state index in [1.54, 1.807) is 0 Å². The van der Waals surface area contributed by atoms with Crippen LogP contribution in [0.5, 0.6) is 0 Å². The maximum Gasteiger partial charge on any atom is 0.472 e. The van der Waals surface area contributed by atoms with Gasteiger partial charge in [-0.1, -0.05) is 280 Å². The lowest BCUT2D eigenvalue weighted by Crippen LogP contribution is -2.30. The summed E-state index contributed by atoms with van der Waals surface area (Å²) in [5.41, 5.74) is 0. The zero-order valence-corrected chi connectivity index (χ0v) is 63.7. The fraction of sp³-hybridized carbons (Fsp3) is 0.772. The maximum atomic E-state index is 13.1. The number of carbonyl (C=O) groups excluding carboxylic acids is 4. The van der Waals surface area contributed by atoms with E-state index in [4.69, 9.17) is 37.0 Å². The summed E-state index contributed by atoms with van der Waals surface area (Å²) in [6.07, 6.45) is 72.9. The van der Waals surface area contributed by atoms with Crippen LogP contribution in [0.3, 0.4) is 0 Å². The number of phosphoric ester groups is 2. The number of hydrogen-bond acceptors (Lipinski definition) is 15. The van der Waals surface area contributed by atoms with Crippen LogP contribution in [0.15, 0.2) is 85.1 Å². The molecular weight excluding hydrogens is 1280 g/mol. The third-order valence-electron chi connectivity index (χ3n) is 16.4. The Labute approximate surface area is 595 Å². The molecular formula is C79H140O17P2. The lowest BCUT2D eigenvalue weighted by molar-refractivity contribution is -0.161. The third kappa shape index (κ3) is 70.7. The highest BCUT2D eigenvalue weighted by Gasteiger charge is 2.30. The molecule has 0 bridgehead atoms. The Hall–Kier alpha value is -3.76. The zero-order chi connectivity index (χ0) is 71.8. The summed E-state index contributed by atoms with van der Waals surface area (Å²) in [6, 6.07) is 0. The van der Waals surface area contributed by atoms with Gasteiger partial charge in [-0.15, -0.1) is 0 Å². The van der Waals surface area contributed by atoms with Crippen LogP contribution in [-0.2, 0) is 65.4 Å². The van der Waals surface area contributed by atoms with Crippen LogP contribution in [-0.4, -0.2) is 96.7 Å². The summed E-state index contributed by atoms with van der Waals surface area (Å²) < 4.78 is 68.4. The highest BCUT2D eigenvalue weighted by molar-refractivity contribution is 7.47. The average Bonchev–Trinajstić information content (AvgIpc) is 1.02. The van der Waals surface area contributed by atoms with Crippen molar-refractivity contribution in [1.29, 1.82) is 0 Å². The fourth-order valence-corrected chi connectivity index (χ4v) is 12.0. The summed E-state index contributed by atoms with van der Waals surface area (Å²) in [6.45, 7) is 4.75. The third-order valence-corrected chi connectivity index (χ3v) is 18.3. The average molecular weight is 1420 g/mol. The van der Waals surface area contributed by atoms with Gasteiger partial charge in [0.05, 0.1) is 26.4 Å². The molecule has 0 aliphatic carbocycles. The maximum absolute atomic E-state index is 13.1. The Morgan fingerprint density at radius 3 is 0.908 bits per heavy atom. The van der Waals surface area contributed by atoms with E-state index in [0.29, 0.717) is 32.1 Å². The van der Waals surface area contributed by atoms with E-state index >= 15 is 0 Å². The molecule has 2 unspecified atom stereocenters. The number of rotatable bonds is 73. The summed E-state index contributed by atoms with van der Waals surface area (Å²) >= 11 is 0. The van der Waals surface area contributed by atoms with Gasteiger partial charge in [0, 0.05) is 25.7 Å². The Morgan fingerprint density at radius 1 is 0.296 bits per heavy atom. The van der Waals surface area contributed by atoms with E-state index in [-0.39, 0.29) is 25.7 Å². The van der Waals surface area contributed by atoms with Crippen LogP contribution >= 0.6 is 15.6 Å². The number of aliphatic hydroxyl groups excluding tert-OH is 1. The van der Waals surface area contributed by atoms with Crippen LogP contribution in [0.1, 0.15) is 336 Å².